The van der Waals surface area contributed by atoms with Crippen LogP contribution >= 0.6 is 11.8 Å². The maximum atomic E-state index is 9.25. The molecule has 1 aromatic heterocycles. The first kappa shape index (κ1) is 12.4. The normalized spacial score (nSPS) is 14.9. The van der Waals surface area contributed by atoms with Crippen LogP contribution in [-0.2, 0) is 0 Å². The molecule has 1 aromatic rings. The smallest absolute Gasteiger partial charge is 0.0960 e. The van der Waals surface area contributed by atoms with Crippen molar-refractivity contribution in [3.05, 3.63) is 23.9 Å². The predicted molar refractivity (Wildman–Crippen MR) is 58.7 cm³/mol. The van der Waals surface area contributed by atoms with Crippen LogP contribution in [0, 0.1) is 0 Å². The van der Waals surface area contributed by atoms with E-state index in [1.54, 1.807) is 25.3 Å². The molecule has 1 heterocycles. The van der Waals surface area contributed by atoms with Gasteiger partial charge in [0.2, 0.25) is 0 Å². The van der Waals surface area contributed by atoms with Crippen molar-refractivity contribution >= 4 is 11.8 Å². The third-order valence-electron chi connectivity index (χ3n) is 1.88. The van der Waals surface area contributed by atoms with Crippen molar-refractivity contribution in [3.63, 3.8) is 0 Å². The molecule has 1 rings (SSSR count). The molecule has 3 N–H and O–H groups in total. The number of aliphatic hydroxyl groups is 3. The fourth-order valence-corrected chi connectivity index (χ4v) is 1.72. The summed E-state index contributed by atoms with van der Waals surface area (Å²) < 4.78 is 0. The highest BCUT2D eigenvalue weighted by Crippen LogP contribution is 2.18. The zero-order valence-electron chi connectivity index (χ0n) is 8.50. The fourth-order valence-electron chi connectivity index (χ4n) is 0.959. The number of pyridine rings is 1. The molecule has 4 nitrogen and oxygen atoms in total. The van der Waals surface area contributed by atoms with Crippen LogP contribution in [0.15, 0.2) is 23.4 Å². The largest absolute Gasteiger partial charge is 0.394 e. The topological polar surface area (TPSA) is 73.6 Å². The molecule has 0 aliphatic heterocycles. The lowest BCUT2D eigenvalue weighted by atomic mass is 10.2. The molecule has 0 saturated heterocycles. The van der Waals surface area contributed by atoms with Gasteiger partial charge < -0.3 is 15.3 Å². The van der Waals surface area contributed by atoms with E-state index in [1.165, 1.54) is 11.8 Å². The summed E-state index contributed by atoms with van der Waals surface area (Å²) in [7, 11) is 0. The minimum absolute atomic E-state index is 0.237. The number of hydrogen-bond acceptors (Lipinski definition) is 5. The monoisotopic (exact) mass is 229 g/mol. The van der Waals surface area contributed by atoms with Gasteiger partial charge in [-0.25, -0.2) is 4.98 Å². The minimum Gasteiger partial charge on any atom is -0.394 e. The molecule has 0 radical (unpaired) electrons. The van der Waals surface area contributed by atoms with E-state index in [-0.39, 0.29) is 6.61 Å². The summed E-state index contributed by atoms with van der Waals surface area (Å²) in [5, 5.41) is 27.8. The molecule has 0 spiro atoms. The maximum Gasteiger partial charge on any atom is 0.0960 e. The Kier molecular flexibility index (Phi) is 5.04. The second kappa shape index (κ2) is 6.07. The Morgan fingerprint density at radius 3 is 2.60 bits per heavy atom. The second-order valence-corrected chi connectivity index (χ2v) is 4.29. The van der Waals surface area contributed by atoms with Gasteiger partial charge in [0.15, 0.2) is 0 Å². The van der Waals surface area contributed by atoms with E-state index in [9.17, 15) is 5.11 Å². The molecule has 0 aliphatic carbocycles. The molecule has 0 bridgehead atoms. The molecule has 15 heavy (non-hydrogen) atoms. The first-order chi connectivity index (χ1) is 7.13. The summed E-state index contributed by atoms with van der Waals surface area (Å²) in [6.45, 7) is 1.44. The second-order valence-electron chi connectivity index (χ2n) is 3.25. The summed E-state index contributed by atoms with van der Waals surface area (Å²) in [5.41, 5.74) is 0.766. The molecule has 1 unspecified atom stereocenters. The quantitative estimate of drug-likeness (QED) is 0.644. The van der Waals surface area contributed by atoms with Crippen molar-refractivity contribution in [2.75, 3.05) is 12.4 Å². The van der Waals surface area contributed by atoms with Crippen LogP contribution < -0.4 is 0 Å². The molecule has 84 valence electrons. The first-order valence-electron chi connectivity index (χ1n) is 4.69. The van der Waals surface area contributed by atoms with E-state index < -0.39 is 12.2 Å². The molecular formula is C10H15NO3S. The molecule has 0 saturated carbocycles. The van der Waals surface area contributed by atoms with E-state index in [2.05, 4.69) is 4.98 Å². The lowest BCUT2D eigenvalue weighted by molar-refractivity contribution is 0.113. The van der Waals surface area contributed by atoms with Gasteiger partial charge in [-0.05, 0) is 18.6 Å². The molecule has 0 aliphatic rings. The van der Waals surface area contributed by atoms with Gasteiger partial charge in [0.25, 0.3) is 0 Å². The Balaban J connectivity index is 2.50. The van der Waals surface area contributed by atoms with Crippen LogP contribution in [-0.4, -0.2) is 38.8 Å². The van der Waals surface area contributed by atoms with E-state index in [0.717, 1.165) is 10.6 Å². The molecule has 0 amide bonds. The summed E-state index contributed by atoms with van der Waals surface area (Å²) in [4.78, 5) is 4.12. The number of rotatable bonds is 5. The van der Waals surface area contributed by atoms with E-state index in [0.29, 0.717) is 5.75 Å². The summed E-state index contributed by atoms with van der Waals surface area (Å²) in [5.74, 6) is 0.414. The Hall–Kier alpha value is -0.620. The van der Waals surface area contributed by atoms with E-state index in [1.807, 2.05) is 0 Å². The highest BCUT2D eigenvalue weighted by Gasteiger charge is 2.05. The number of thioether (sulfide) groups is 1. The number of hydrogen-bond donors (Lipinski definition) is 3. The predicted octanol–water partition coefficient (Wildman–Crippen LogP) is 0.580. The zero-order valence-corrected chi connectivity index (χ0v) is 9.31. The van der Waals surface area contributed by atoms with Crippen molar-refractivity contribution < 1.29 is 15.3 Å². The Labute approximate surface area is 93.0 Å². The maximum absolute atomic E-state index is 9.25. The van der Waals surface area contributed by atoms with Gasteiger partial charge in [-0.2, -0.15) is 0 Å². The van der Waals surface area contributed by atoms with Crippen LogP contribution in [0.2, 0.25) is 0 Å². The third kappa shape index (κ3) is 4.17. The van der Waals surface area contributed by atoms with E-state index >= 15 is 0 Å². The Bertz CT molecular complexity index is 289. The zero-order chi connectivity index (χ0) is 11.3. The standard InChI is InChI=1S/C10H15NO3S/c1-7(13)8-2-3-10(11-4-8)15-6-9(14)5-12/h2-4,7,9,12-14H,5-6H2,1H3/t7-,9?/m1/s1. The number of nitrogens with zero attached hydrogens (tertiary/aromatic N) is 1. The molecule has 2 atom stereocenters. The fraction of sp³-hybridized carbons (Fsp3) is 0.500. The van der Waals surface area contributed by atoms with Crippen molar-refractivity contribution in [2.24, 2.45) is 0 Å². The summed E-state index contributed by atoms with van der Waals surface area (Å²) in [6, 6.07) is 3.59. The van der Waals surface area contributed by atoms with Crippen LogP contribution in [0.3, 0.4) is 0 Å². The molecule has 0 fully saturated rings. The van der Waals surface area contributed by atoms with Crippen LogP contribution in [0.25, 0.3) is 0 Å². The lowest BCUT2D eigenvalue weighted by Gasteiger charge is -2.07. The van der Waals surface area contributed by atoms with Gasteiger partial charge >= 0.3 is 0 Å². The number of aromatic nitrogens is 1. The average molecular weight is 229 g/mol. The van der Waals surface area contributed by atoms with Gasteiger partial charge in [0.05, 0.1) is 23.8 Å². The van der Waals surface area contributed by atoms with Gasteiger partial charge in [-0.15, -0.1) is 11.8 Å². The van der Waals surface area contributed by atoms with Crippen LogP contribution in [0.5, 0.6) is 0 Å². The molecule has 5 heteroatoms. The van der Waals surface area contributed by atoms with Crippen molar-refractivity contribution in [1.82, 2.24) is 4.98 Å². The molecule has 0 aromatic carbocycles. The molecular weight excluding hydrogens is 214 g/mol. The van der Waals surface area contributed by atoms with Crippen LogP contribution in [0.1, 0.15) is 18.6 Å². The average Bonchev–Trinajstić information content (AvgIpc) is 2.26. The van der Waals surface area contributed by atoms with Gasteiger partial charge in [0, 0.05) is 11.9 Å². The third-order valence-corrected chi connectivity index (χ3v) is 2.96. The van der Waals surface area contributed by atoms with Gasteiger partial charge in [0.1, 0.15) is 0 Å². The first-order valence-corrected chi connectivity index (χ1v) is 5.67. The highest BCUT2D eigenvalue weighted by atomic mass is 32.2. The van der Waals surface area contributed by atoms with Crippen molar-refractivity contribution in [3.8, 4) is 0 Å². The van der Waals surface area contributed by atoms with Gasteiger partial charge in [-0.3, -0.25) is 0 Å². The van der Waals surface area contributed by atoms with Crippen molar-refractivity contribution in [1.29, 1.82) is 0 Å². The summed E-state index contributed by atoms with van der Waals surface area (Å²) >= 11 is 1.37. The number of aliphatic hydroxyl groups excluding tert-OH is 3. The summed E-state index contributed by atoms with van der Waals surface area (Å²) in [6.07, 6.45) is 0.381. The van der Waals surface area contributed by atoms with E-state index in [4.69, 9.17) is 10.2 Å². The Morgan fingerprint density at radius 2 is 2.13 bits per heavy atom. The van der Waals surface area contributed by atoms with Gasteiger partial charge in [-0.1, -0.05) is 6.07 Å². The van der Waals surface area contributed by atoms with Crippen LogP contribution in [0.4, 0.5) is 0 Å². The highest BCUT2D eigenvalue weighted by molar-refractivity contribution is 7.99. The SMILES string of the molecule is C[C@@H](O)c1ccc(SCC(O)CO)nc1. The minimum atomic E-state index is -0.715. The lowest BCUT2D eigenvalue weighted by Crippen LogP contribution is -2.14. The Morgan fingerprint density at radius 1 is 1.40 bits per heavy atom. The van der Waals surface area contributed by atoms with Crippen molar-refractivity contribution in [2.45, 2.75) is 24.2 Å².